The number of rotatable bonds is 4. The topological polar surface area (TPSA) is 55.1 Å². The number of nitrogens with one attached hydrogen (secondary N) is 1. The summed E-state index contributed by atoms with van der Waals surface area (Å²) in [5, 5.41) is 4.45. The first-order chi connectivity index (χ1) is 11.4. The molecule has 4 aromatic rings. The van der Waals surface area contributed by atoms with Crippen molar-refractivity contribution in [2.75, 3.05) is 11.9 Å². The quantitative estimate of drug-likeness (QED) is 0.623. The molecule has 114 valence electrons. The van der Waals surface area contributed by atoms with Gasteiger partial charge < -0.3 is 5.32 Å². The summed E-state index contributed by atoms with van der Waals surface area (Å²) in [7, 11) is 0. The molecule has 0 aliphatic rings. The third-order valence-electron chi connectivity index (χ3n) is 3.88. The van der Waals surface area contributed by atoms with E-state index in [4.69, 9.17) is 0 Å². The Bertz CT molecular complexity index is 968. The van der Waals surface area contributed by atoms with Gasteiger partial charge in [0.25, 0.3) is 0 Å². The van der Waals surface area contributed by atoms with Crippen molar-refractivity contribution < 1.29 is 0 Å². The van der Waals surface area contributed by atoms with Gasteiger partial charge in [-0.05, 0) is 12.5 Å². The molecule has 0 bridgehead atoms. The monoisotopic (exact) mass is 303 g/mol. The predicted molar refractivity (Wildman–Crippen MR) is 92.5 cm³/mol. The van der Waals surface area contributed by atoms with E-state index in [2.05, 4.69) is 55.9 Å². The van der Waals surface area contributed by atoms with Gasteiger partial charge in [-0.2, -0.15) is 0 Å². The van der Waals surface area contributed by atoms with Crippen LogP contribution in [0.15, 0.2) is 55.1 Å². The minimum atomic E-state index is 0.814. The average Bonchev–Trinajstić information content (AvgIpc) is 3.04. The normalized spacial score (nSPS) is 11.2. The van der Waals surface area contributed by atoms with Crippen molar-refractivity contribution in [1.82, 2.24) is 19.4 Å². The number of anilines is 1. The summed E-state index contributed by atoms with van der Waals surface area (Å²) >= 11 is 0. The summed E-state index contributed by atoms with van der Waals surface area (Å²) < 4.78 is 2.06. The standard InChI is InChI=1S/C18H17N5/c1-2-8-20-17-18-22-12-15(23(18)11-10-21-17)14-7-3-5-13-6-4-9-19-16(13)14/h3-7,9-12H,2,8H2,1H3,(H,20,21). The molecule has 0 atom stereocenters. The molecule has 0 aliphatic heterocycles. The molecule has 0 saturated heterocycles. The van der Waals surface area contributed by atoms with Crippen LogP contribution in [0.2, 0.25) is 0 Å². The van der Waals surface area contributed by atoms with Crippen molar-refractivity contribution >= 4 is 22.4 Å². The number of fused-ring (bicyclic) bond motifs is 2. The van der Waals surface area contributed by atoms with E-state index in [9.17, 15) is 0 Å². The van der Waals surface area contributed by atoms with E-state index in [1.807, 2.05) is 24.7 Å². The molecule has 5 nitrogen and oxygen atoms in total. The number of hydrogen-bond acceptors (Lipinski definition) is 4. The van der Waals surface area contributed by atoms with E-state index in [1.165, 1.54) is 0 Å². The summed E-state index contributed by atoms with van der Waals surface area (Å²) in [5.74, 6) is 0.814. The van der Waals surface area contributed by atoms with Crippen LogP contribution < -0.4 is 5.32 Å². The summed E-state index contributed by atoms with van der Waals surface area (Å²) in [5.41, 5.74) is 3.91. The van der Waals surface area contributed by atoms with E-state index in [0.29, 0.717) is 0 Å². The fourth-order valence-corrected chi connectivity index (χ4v) is 2.80. The minimum absolute atomic E-state index is 0.814. The van der Waals surface area contributed by atoms with E-state index >= 15 is 0 Å². The molecular weight excluding hydrogens is 286 g/mol. The first-order valence-electron chi connectivity index (χ1n) is 7.78. The number of imidazole rings is 1. The highest BCUT2D eigenvalue weighted by molar-refractivity contribution is 5.93. The van der Waals surface area contributed by atoms with Gasteiger partial charge in [-0.3, -0.25) is 9.38 Å². The molecule has 3 aromatic heterocycles. The van der Waals surface area contributed by atoms with Gasteiger partial charge in [-0.1, -0.05) is 31.2 Å². The van der Waals surface area contributed by atoms with E-state index in [1.54, 1.807) is 6.20 Å². The van der Waals surface area contributed by atoms with Gasteiger partial charge in [0.15, 0.2) is 11.5 Å². The van der Waals surface area contributed by atoms with Crippen molar-refractivity contribution in [1.29, 1.82) is 0 Å². The van der Waals surface area contributed by atoms with Crippen molar-refractivity contribution in [3.05, 3.63) is 55.1 Å². The first kappa shape index (κ1) is 13.7. The van der Waals surface area contributed by atoms with E-state index < -0.39 is 0 Å². The molecule has 1 aromatic carbocycles. The van der Waals surface area contributed by atoms with E-state index in [0.717, 1.165) is 46.6 Å². The molecule has 0 radical (unpaired) electrons. The number of para-hydroxylation sites is 1. The molecule has 0 fully saturated rings. The first-order valence-corrected chi connectivity index (χ1v) is 7.78. The molecule has 3 heterocycles. The van der Waals surface area contributed by atoms with Crippen molar-refractivity contribution in [2.24, 2.45) is 0 Å². The number of aromatic nitrogens is 4. The lowest BCUT2D eigenvalue weighted by molar-refractivity contribution is 0.965. The third kappa shape index (κ3) is 2.30. The lowest BCUT2D eigenvalue weighted by atomic mass is 10.1. The Hall–Kier alpha value is -2.95. The lowest BCUT2D eigenvalue weighted by Gasteiger charge is -2.08. The molecule has 0 spiro atoms. The zero-order valence-electron chi connectivity index (χ0n) is 12.9. The van der Waals surface area contributed by atoms with Crippen LogP contribution >= 0.6 is 0 Å². The Balaban J connectivity index is 1.92. The SMILES string of the molecule is CCCNc1nccn2c(-c3cccc4cccnc34)cnc12. The van der Waals surface area contributed by atoms with Gasteiger partial charge >= 0.3 is 0 Å². The molecule has 0 aliphatic carbocycles. The van der Waals surface area contributed by atoms with Gasteiger partial charge in [0, 0.05) is 36.1 Å². The fourth-order valence-electron chi connectivity index (χ4n) is 2.80. The molecule has 0 saturated carbocycles. The van der Waals surface area contributed by atoms with Crippen LogP contribution in [-0.2, 0) is 0 Å². The molecule has 5 heteroatoms. The van der Waals surface area contributed by atoms with Crippen LogP contribution in [0.5, 0.6) is 0 Å². The Morgan fingerprint density at radius 2 is 1.96 bits per heavy atom. The van der Waals surface area contributed by atoms with Crippen LogP contribution in [0.25, 0.3) is 27.8 Å². The average molecular weight is 303 g/mol. The number of benzene rings is 1. The van der Waals surface area contributed by atoms with Gasteiger partial charge in [0.1, 0.15) is 0 Å². The van der Waals surface area contributed by atoms with Crippen LogP contribution in [0, 0.1) is 0 Å². The number of pyridine rings is 1. The van der Waals surface area contributed by atoms with Gasteiger partial charge in [0.2, 0.25) is 0 Å². The summed E-state index contributed by atoms with van der Waals surface area (Å²) in [6.45, 7) is 3.01. The molecule has 4 rings (SSSR count). The maximum atomic E-state index is 4.56. The molecule has 0 amide bonds. The van der Waals surface area contributed by atoms with Crippen LogP contribution in [-0.4, -0.2) is 25.9 Å². The summed E-state index contributed by atoms with van der Waals surface area (Å²) in [6, 6.07) is 10.2. The predicted octanol–water partition coefficient (Wildman–Crippen LogP) is 3.77. The highest BCUT2D eigenvalue weighted by atomic mass is 15.1. The maximum absolute atomic E-state index is 4.56. The largest absolute Gasteiger partial charge is 0.367 e. The summed E-state index contributed by atoms with van der Waals surface area (Å²) in [4.78, 5) is 13.5. The number of nitrogens with zero attached hydrogens (tertiary/aromatic N) is 4. The zero-order chi connectivity index (χ0) is 15.6. The van der Waals surface area contributed by atoms with Crippen molar-refractivity contribution in [3.8, 4) is 11.3 Å². The molecular formula is C18H17N5. The molecule has 23 heavy (non-hydrogen) atoms. The van der Waals surface area contributed by atoms with Crippen molar-refractivity contribution in [2.45, 2.75) is 13.3 Å². The Morgan fingerprint density at radius 1 is 1.04 bits per heavy atom. The van der Waals surface area contributed by atoms with Crippen LogP contribution in [0.4, 0.5) is 5.82 Å². The third-order valence-corrected chi connectivity index (χ3v) is 3.88. The lowest BCUT2D eigenvalue weighted by Crippen LogP contribution is -2.04. The number of hydrogen-bond donors (Lipinski definition) is 1. The Kier molecular flexibility index (Phi) is 3.38. The van der Waals surface area contributed by atoms with Gasteiger partial charge in [-0.25, -0.2) is 9.97 Å². The second kappa shape index (κ2) is 5.68. The van der Waals surface area contributed by atoms with E-state index in [-0.39, 0.29) is 0 Å². The summed E-state index contributed by atoms with van der Waals surface area (Å²) in [6.07, 6.45) is 8.50. The molecule has 0 unspecified atom stereocenters. The zero-order valence-corrected chi connectivity index (χ0v) is 12.9. The van der Waals surface area contributed by atoms with Crippen LogP contribution in [0.1, 0.15) is 13.3 Å². The van der Waals surface area contributed by atoms with Gasteiger partial charge in [0.05, 0.1) is 17.4 Å². The smallest absolute Gasteiger partial charge is 0.180 e. The fraction of sp³-hybridized carbons (Fsp3) is 0.167. The van der Waals surface area contributed by atoms with Crippen molar-refractivity contribution in [3.63, 3.8) is 0 Å². The highest BCUT2D eigenvalue weighted by Crippen LogP contribution is 2.28. The Morgan fingerprint density at radius 3 is 2.87 bits per heavy atom. The Labute approximate surface area is 134 Å². The van der Waals surface area contributed by atoms with Gasteiger partial charge in [-0.15, -0.1) is 0 Å². The second-order valence-corrected chi connectivity index (χ2v) is 5.42. The van der Waals surface area contributed by atoms with Crippen LogP contribution in [0.3, 0.4) is 0 Å². The second-order valence-electron chi connectivity index (χ2n) is 5.42. The molecule has 1 N–H and O–H groups in total. The maximum Gasteiger partial charge on any atom is 0.180 e. The highest BCUT2D eigenvalue weighted by Gasteiger charge is 2.12. The minimum Gasteiger partial charge on any atom is -0.367 e.